The molecular weight excluding hydrogens is 261 g/mol. The highest BCUT2D eigenvalue weighted by Gasteiger charge is 2.26. The highest BCUT2D eigenvalue weighted by atomic mass is 35.5. The van der Waals surface area contributed by atoms with Crippen LogP contribution >= 0.6 is 23.2 Å². The Labute approximate surface area is 111 Å². The van der Waals surface area contributed by atoms with Gasteiger partial charge in [0.2, 0.25) is 0 Å². The molecule has 2 N–H and O–H groups in total. The number of aromatic nitrogens is 1. The summed E-state index contributed by atoms with van der Waals surface area (Å²) in [5.74, 6) is 0.740. The molecule has 1 aliphatic rings. The maximum atomic E-state index is 6.14. The van der Waals surface area contributed by atoms with Gasteiger partial charge in [-0.25, -0.2) is 4.98 Å². The van der Waals surface area contributed by atoms with Gasteiger partial charge in [0.1, 0.15) is 5.82 Å². The Hall–Kier alpha value is -0.550. The quantitative estimate of drug-likeness (QED) is 0.897. The molecule has 1 aliphatic heterocycles. The van der Waals surface area contributed by atoms with Crippen LogP contribution < -0.4 is 10.6 Å². The average molecular weight is 276 g/mol. The molecule has 6 heteroatoms. The van der Waals surface area contributed by atoms with Crippen LogP contribution in [0.3, 0.4) is 0 Å². The summed E-state index contributed by atoms with van der Waals surface area (Å²) >= 11 is 12.0. The van der Waals surface area contributed by atoms with Crippen molar-refractivity contribution in [3.8, 4) is 0 Å². The lowest BCUT2D eigenvalue weighted by atomic mass is 10.2. The van der Waals surface area contributed by atoms with Crippen LogP contribution in [0.2, 0.25) is 10.0 Å². The van der Waals surface area contributed by atoms with E-state index in [-0.39, 0.29) is 12.2 Å². The van der Waals surface area contributed by atoms with E-state index in [4.69, 9.17) is 33.7 Å². The highest BCUT2D eigenvalue weighted by molar-refractivity contribution is 6.36. The lowest BCUT2D eigenvalue weighted by Crippen LogP contribution is -2.49. The molecule has 17 heavy (non-hydrogen) atoms. The van der Waals surface area contributed by atoms with Crippen molar-refractivity contribution in [1.29, 1.82) is 0 Å². The van der Waals surface area contributed by atoms with Crippen LogP contribution in [0.1, 0.15) is 6.92 Å². The first-order chi connectivity index (χ1) is 8.10. The van der Waals surface area contributed by atoms with Gasteiger partial charge in [0.15, 0.2) is 0 Å². The molecule has 4 nitrogen and oxygen atoms in total. The molecular formula is C11H15Cl2N3O. The highest BCUT2D eigenvalue weighted by Crippen LogP contribution is 2.28. The van der Waals surface area contributed by atoms with Crippen LogP contribution in [0.15, 0.2) is 12.3 Å². The number of nitrogens with zero attached hydrogens (tertiary/aromatic N) is 2. The monoisotopic (exact) mass is 275 g/mol. The van der Waals surface area contributed by atoms with Crippen molar-refractivity contribution < 1.29 is 4.74 Å². The van der Waals surface area contributed by atoms with Gasteiger partial charge in [-0.3, -0.25) is 0 Å². The molecule has 0 saturated carbocycles. The van der Waals surface area contributed by atoms with Gasteiger partial charge < -0.3 is 15.4 Å². The molecule has 0 radical (unpaired) electrons. The van der Waals surface area contributed by atoms with Gasteiger partial charge in [-0.1, -0.05) is 23.2 Å². The van der Waals surface area contributed by atoms with E-state index in [2.05, 4.69) is 9.88 Å². The van der Waals surface area contributed by atoms with Gasteiger partial charge in [-0.05, 0) is 13.0 Å². The number of hydrogen-bond acceptors (Lipinski definition) is 4. The molecule has 94 valence electrons. The smallest absolute Gasteiger partial charge is 0.147 e. The lowest BCUT2D eigenvalue weighted by Gasteiger charge is -2.37. The molecule has 0 spiro atoms. The first-order valence-electron chi connectivity index (χ1n) is 5.51. The van der Waals surface area contributed by atoms with Crippen molar-refractivity contribution in [1.82, 2.24) is 4.98 Å². The summed E-state index contributed by atoms with van der Waals surface area (Å²) in [5.41, 5.74) is 5.64. The maximum Gasteiger partial charge on any atom is 0.147 e. The fourth-order valence-electron chi connectivity index (χ4n) is 1.99. The third kappa shape index (κ3) is 3.01. The molecule has 2 rings (SSSR count). The molecule has 2 unspecified atom stereocenters. The van der Waals surface area contributed by atoms with E-state index in [0.29, 0.717) is 23.1 Å². The summed E-state index contributed by atoms with van der Waals surface area (Å²) in [6.45, 7) is 3.96. The summed E-state index contributed by atoms with van der Waals surface area (Å²) in [6.07, 6.45) is 1.73. The van der Waals surface area contributed by atoms with Crippen molar-refractivity contribution in [2.24, 2.45) is 5.73 Å². The van der Waals surface area contributed by atoms with Gasteiger partial charge in [-0.2, -0.15) is 0 Å². The van der Waals surface area contributed by atoms with Crippen LogP contribution in [-0.2, 0) is 4.74 Å². The van der Waals surface area contributed by atoms with Crippen LogP contribution in [0.4, 0.5) is 5.82 Å². The van der Waals surface area contributed by atoms with Crippen molar-refractivity contribution in [3.05, 3.63) is 22.3 Å². The van der Waals surface area contributed by atoms with Gasteiger partial charge in [0, 0.05) is 25.8 Å². The largest absolute Gasteiger partial charge is 0.370 e. The van der Waals surface area contributed by atoms with E-state index >= 15 is 0 Å². The predicted octanol–water partition coefficient (Wildman–Crippen LogP) is 1.94. The first-order valence-corrected chi connectivity index (χ1v) is 6.27. The Bertz CT molecular complexity index is 402. The van der Waals surface area contributed by atoms with Gasteiger partial charge in [0.05, 0.1) is 22.3 Å². The average Bonchev–Trinajstić information content (AvgIpc) is 2.28. The number of halogens is 2. The molecule has 1 fully saturated rings. The molecule has 0 aromatic carbocycles. The Kier molecular flexibility index (Phi) is 4.09. The number of nitrogens with two attached hydrogens (primary N) is 1. The topological polar surface area (TPSA) is 51.4 Å². The number of pyridine rings is 1. The Morgan fingerprint density at radius 2 is 2.29 bits per heavy atom. The molecule has 2 heterocycles. The van der Waals surface area contributed by atoms with Gasteiger partial charge in [0.25, 0.3) is 0 Å². The summed E-state index contributed by atoms with van der Waals surface area (Å²) in [5, 5.41) is 1.10. The second-order valence-corrected chi connectivity index (χ2v) is 5.01. The van der Waals surface area contributed by atoms with Crippen molar-refractivity contribution in [2.45, 2.75) is 19.1 Å². The van der Waals surface area contributed by atoms with Gasteiger partial charge in [-0.15, -0.1) is 0 Å². The molecule has 1 aromatic rings. The van der Waals surface area contributed by atoms with E-state index in [1.54, 1.807) is 12.3 Å². The second-order valence-electron chi connectivity index (χ2n) is 4.17. The maximum absolute atomic E-state index is 6.14. The molecule has 1 aromatic heterocycles. The first kappa shape index (κ1) is 12.9. The Morgan fingerprint density at radius 1 is 1.53 bits per heavy atom. The van der Waals surface area contributed by atoms with Crippen molar-refractivity contribution in [3.63, 3.8) is 0 Å². The minimum absolute atomic E-state index is 0.0206. The summed E-state index contributed by atoms with van der Waals surface area (Å²) in [4.78, 5) is 6.36. The fourth-order valence-corrected chi connectivity index (χ4v) is 2.49. The molecule has 0 aliphatic carbocycles. The van der Waals surface area contributed by atoms with Crippen LogP contribution in [0, 0.1) is 0 Å². The standard InChI is InChI=1S/C11H15Cl2N3O/c1-7-5-16(6-9(3-14)17-7)11-10(13)2-8(12)4-15-11/h2,4,7,9H,3,5-6,14H2,1H3. The minimum atomic E-state index is 0.0206. The summed E-state index contributed by atoms with van der Waals surface area (Å²) in [7, 11) is 0. The third-order valence-electron chi connectivity index (χ3n) is 2.68. The number of ether oxygens (including phenoxy) is 1. The van der Waals surface area contributed by atoms with Gasteiger partial charge >= 0.3 is 0 Å². The van der Waals surface area contributed by atoms with E-state index in [1.165, 1.54) is 0 Å². The van der Waals surface area contributed by atoms with Crippen LogP contribution in [0.25, 0.3) is 0 Å². The van der Waals surface area contributed by atoms with E-state index < -0.39 is 0 Å². The molecule has 1 saturated heterocycles. The summed E-state index contributed by atoms with van der Waals surface area (Å²) in [6, 6.07) is 1.70. The molecule has 0 amide bonds. The van der Waals surface area contributed by atoms with E-state index in [9.17, 15) is 0 Å². The zero-order chi connectivity index (χ0) is 12.4. The number of anilines is 1. The molecule has 0 bridgehead atoms. The zero-order valence-corrected chi connectivity index (χ0v) is 11.1. The second kappa shape index (κ2) is 5.40. The van der Waals surface area contributed by atoms with Crippen molar-refractivity contribution in [2.75, 3.05) is 24.5 Å². The molecule has 2 atom stereocenters. The Balaban J connectivity index is 2.20. The number of morpholine rings is 1. The Morgan fingerprint density at radius 3 is 2.94 bits per heavy atom. The van der Waals surface area contributed by atoms with Crippen molar-refractivity contribution >= 4 is 29.0 Å². The minimum Gasteiger partial charge on any atom is -0.370 e. The number of hydrogen-bond donors (Lipinski definition) is 1. The zero-order valence-electron chi connectivity index (χ0n) is 9.57. The lowest BCUT2D eigenvalue weighted by molar-refractivity contribution is -0.0106. The predicted molar refractivity (Wildman–Crippen MR) is 69.9 cm³/mol. The third-order valence-corrected chi connectivity index (χ3v) is 3.16. The normalized spacial score (nSPS) is 25.1. The SMILES string of the molecule is CC1CN(c2ncc(Cl)cc2Cl)CC(CN)O1. The number of rotatable bonds is 2. The summed E-state index contributed by atoms with van der Waals surface area (Å²) < 4.78 is 5.69. The van der Waals surface area contributed by atoms with Crippen LogP contribution in [0.5, 0.6) is 0 Å². The fraction of sp³-hybridized carbons (Fsp3) is 0.545. The van der Waals surface area contributed by atoms with Crippen LogP contribution in [-0.4, -0.2) is 36.8 Å². The van der Waals surface area contributed by atoms with E-state index in [1.807, 2.05) is 6.92 Å². The van der Waals surface area contributed by atoms with E-state index in [0.717, 1.165) is 12.4 Å².